The molecule has 1 N–H and O–H groups in total. The summed E-state index contributed by atoms with van der Waals surface area (Å²) in [7, 11) is 1.96. The number of hydrogen-bond acceptors (Lipinski definition) is 5. The van der Waals surface area contributed by atoms with Gasteiger partial charge in [-0.1, -0.05) is 12.1 Å². The van der Waals surface area contributed by atoms with Crippen molar-refractivity contribution in [1.29, 1.82) is 0 Å². The van der Waals surface area contributed by atoms with E-state index < -0.39 is 0 Å². The lowest BCUT2D eigenvalue weighted by molar-refractivity contribution is 0.623. The molecule has 1 saturated heterocycles. The van der Waals surface area contributed by atoms with E-state index in [2.05, 4.69) is 25.2 Å². The summed E-state index contributed by atoms with van der Waals surface area (Å²) >= 11 is 0. The number of aryl methyl sites for hydroxylation is 1. The number of hydrogen-bond donors (Lipinski definition) is 1. The van der Waals surface area contributed by atoms with E-state index >= 15 is 0 Å². The van der Waals surface area contributed by atoms with Crippen molar-refractivity contribution >= 4 is 23.4 Å². The lowest BCUT2D eigenvalue weighted by Gasteiger charge is -2.31. The molecular weight excluding hydrogens is 331 g/mol. The molecule has 2 aromatic rings. The van der Waals surface area contributed by atoms with E-state index in [1.54, 1.807) is 18.3 Å². The van der Waals surface area contributed by atoms with Gasteiger partial charge < -0.3 is 15.1 Å². The number of rotatable bonds is 3. The lowest BCUT2D eigenvalue weighted by atomic mass is 10.1. The molecule has 0 saturated carbocycles. The van der Waals surface area contributed by atoms with Gasteiger partial charge in [-0.15, -0.1) is 0 Å². The van der Waals surface area contributed by atoms with Gasteiger partial charge in [-0.3, -0.25) is 9.67 Å². The second kappa shape index (κ2) is 7.29. The number of benzene rings is 1. The van der Waals surface area contributed by atoms with E-state index in [4.69, 9.17) is 0 Å². The first-order chi connectivity index (χ1) is 12.8. The van der Waals surface area contributed by atoms with Crippen LogP contribution in [0, 0.1) is 5.82 Å². The van der Waals surface area contributed by atoms with Crippen LogP contribution < -0.4 is 15.1 Å². The summed E-state index contributed by atoms with van der Waals surface area (Å²) in [5, 5.41) is 7.93. The Labute approximate surface area is 152 Å². The Bertz CT molecular complexity index is 832. The first-order valence-corrected chi connectivity index (χ1v) is 8.97. The Balaban J connectivity index is 1.74. The molecule has 0 unspecified atom stereocenters. The predicted octanol–water partition coefficient (Wildman–Crippen LogP) is 2.25. The molecule has 1 aromatic heterocycles. The fourth-order valence-corrected chi connectivity index (χ4v) is 3.57. The Morgan fingerprint density at radius 1 is 1.15 bits per heavy atom. The molecule has 1 fully saturated rings. The molecule has 2 aliphatic rings. The van der Waals surface area contributed by atoms with Crippen molar-refractivity contribution in [2.75, 3.05) is 42.5 Å². The highest BCUT2D eigenvalue weighted by Gasteiger charge is 2.26. The molecule has 3 heterocycles. The van der Waals surface area contributed by atoms with Gasteiger partial charge in [0, 0.05) is 38.5 Å². The van der Waals surface area contributed by atoms with Crippen molar-refractivity contribution in [3.05, 3.63) is 48.0 Å². The average Bonchev–Trinajstić information content (AvgIpc) is 2.87. The number of halogens is 1. The first kappa shape index (κ1) is 16.8. The van der Waals surface area contributed by atoms with Crippen LogP contribution in [-0.4, -0.2) is 48.7 Å². The van der Waals surface area contributed by atoms with Crippen molar-refractivity contribution in [3.8, 4) is 0 Å². The third kappa shape index (κ3) is 3.10. The molecule has 26 heavy (non-hydrogen) atoms. The summed E-state index contributed by atoms with van der Waals surface area (Å²) < 4.78 is 16.3. The van der Waals surface area contributed by atoms with Crippen molar-refractivity contribution in [2.24, 2.45) is 12.0 Å². The van der Waals surface area contributed by atoms with Crippen LogP contribution in [0.4, 0.5) is 15.9 Å². The molecule has 2 aliphatic heterocycles. The van der Waals surface area contributed by atoms with Crippen LogP contribution in [0.5, 0.6) is 0 Å². The Morgan fingerprint density at radius 2 is 2.04 bits per heavy atom. The van der Waals surface area contributed by atoms with Crippen molar-refractivity contribution in [3.63, 3.8) is 0 Å². The van der Waals surface area contributed by atoms with Crippen LogP contribution in [-0.2, 0) is 7.05 Å². The molecule has 0 radical (unpaired) electrons. The van der Waals surface area contributed by atoms with Gasteiger partial charge in [0.15, 0.2) is 5.82 Å². The maximum atomic E-state index is 14.4. The van der Waals surface area contributed by atoms with Crippen LogP contribution in [0.25, 0.3) is 5.70 Å². The fraction of sp³-hybridized carbons (Fsp3) is 0.368. The summed E-state index contributed by atoms with van der Waals surface area (Å²) in [5.41, 5.74) is 2.29. The van der Waals surface area contributed by atoms with E-state index in [1.807, 2.05) is 30.2 Å². The Kier molecular flexibility index (Phi) is 4.71. The average molecular weight is 354 g/mol. The highest BCUT2D eigenvalue weighted by atomic mass is 19.1. The molecule has 0 aliphatic carbocycles. The molecular formula is C19H23FN6. The van der Waals surface area contributed by atoms with Crippen molar-refractivity contribution in [2.45, 2.75) is 6.42 Å². The van der Waals surface area contributed by atoms with Gasteiger partial charge in [0.1, 0.15) is 11.5 Å². The zero-order chi connectivity index (χ0) is 17.9. The van der Waals surface area contributed by atoms with Crippen LogP contribution in [0.15, 0.2) is 41.7 Å². The largest absolute Gasteiger partial charge is 0.354 e. The van der Waals surface area contributed by atoms with Crippen LogP contribution in [0.3, 0.4) is 0 Å². The van der Waals surface area contributed by atoms with Crippen molar-refractivity contribution < 1.29 is 4.39 Å². The monoisotopic (exact) mass is 354 g/mol. The number of nitrogens with one attached hydrogen (secondary N) is 1. The van der Waals surface area contributed by atoms with Crippen LogP contribution in [0.1, 0.15) is 12.0 Å². The minimum atomic E-state index is -0.245. The second-order valence-corrected chi connectivity index (χ2v) is 6.50. The molecule has 1 aromatic carbocycles. The van der Waals surface area contributed by atoms with Crippen LogP contribution in [0.2, 0.25) is 0 Å². The van der Waals surface area contributed by atoms with Gasteiger partial charge in [0.05, 0.1) is 24.6 Å². The summed E-state index contributed by atoms with van der Waals surface area (Å²) in [4.78, 5) is 8.71. The molecule has 0 spiro atoms. The zero-order valence-electron chi connectivity index (χ0n) is 14.9. The smallest absolute Gasteiger partial charge is 0.150 e. The van der Waals surface area contributed by atoms with E-state index in [1.165, 1.54) is 6.07 Å². The fourth-order valence-electron chi connectivity index (χ4n) is 3.57. The Hall–Kier alpha value is -2.67. The van der Waals surface area contributed by atoms with E-state index in [-0.39, 0.29) is 5.82 Å². The van der Waals surface area contributed by atoms with Gasteiger partial charge in [-0.05, 0) is 25.1 Å². The quantitative estimate of drug-likeness (QED) is 0.919. The number of aliphatic imine (C=N–C) groups is 1. The lowest BCUT2D eigenvalue weighted by Crippen LogP contribution is -2.33. The maximum absolute atomic E-state index is 14.4. The SMILES string of the molecule is Cn1ncc(N2CC=NC=C2c2ccccc2F)c1N1CCCNCC1. The predicted molar refractivity (Wildman–Crippen MR) is 103 cm³/mol. The zero-order valence-corrected chi connectivity index (χ0v) is 14.9. The topological polar surface area (TPSA) is 48.7 Å². The van der Waals surface area contributed by atoms with Gasteiger partial charge in [0.25, 0.3) is 0 Å². The minimum absolute atomic E-state index is 0.245. The second-order valence-electron chi connectivity index (χ2n) is 6.50. The van der Waals surface area contributed by atoms with E-state index in [0.717, 1.165) is 49.8 Å². The van der Waals surface area contributed by atoms with Crippen LogP contribution >= 0.6 is 0 Å². The summed E-state index contributed by atoms with van der Waals surface area (Å²) in [6.45, 7) is 4.46. The molecule has 0 atom stereocenters. The summed E-state index contributed by atoms with van der Waals surface area (Å²) in [6.07, 6.45) is 6.51. The molecule has 0 bridgehead atoms. The molecule has 4 rings (SSSR count). The third-order valence-electron chi connectivity index (χ3n) is 4.83. The minimum Gasteiger partial charge on any atom is -0.354 e. The molecule has 0 amide bonds. The van der Waals surface area contributed by atoms with Gasteiger partial charge in [-0.2, -0.15) is 5.10 Å². The number of nitrogens with zero attached hydrogens (tertiary/aromatic N) is 5. The summed E-state index contributed by atoms with van der Waals surface area (Å²) in [5.74, 6) is 0.816. The highest BCUT2D eigenvalue weighted by molar-refractivity contribution is 5.90. The normalized spacial score (nSPS) is 18.0. The molecule has 6 nitrogen and oxygen atoms in total. The van der Waals surface area contributed by atoms with Gasteiger partial charge in [0.2, 0.25) is 0 Å². The highest BCUT2D eigenvalue weighted by Crippen LogP contribution is 2.35. The first-order valence-electron chi connectivity index (χ1n) is 8.97. The molecule has 136 valence electrons. The van der Waals surface area contributed by atoms with Gasteiger partial charge in [-0.25, -0.2) is 4.39 Å². The van der Waals surface area contributed by atoms with E-state index in [0.29, 0.717) is 12.1 Å². The summed E-state index contributed by atoms with van der Waals surface area (Å²) in [6, 6.07) is 6.83. The third-order valence-corrected chi connectivity index (χ3v) is 4.83. The number of anilines is 2. The van der Waals surface area contributed by atoms with Crippen molar-refractivity contribution in [1.82, 2.24) is 15.1 Å². The maximum Gasteiger partial charge on any atom is 0.150 e. The standard InChI is InChI=1S/C19H23FN6/c1-24-19(25-10-4-7-21-8-11-25)18(14-23-24)26-12-9-22-13-17(26)15-5-2-3-6-16(15)20/h2-3,5-6,9,13-14,21H,4,7-8,10-12H2,1H3. The molecule has 7 heteroatoms. The Morgan fingerprint density at radius 3 is 2.92 bits per heavy atom. The van der Waals surface area contributed by atoms with E-state index in [9.17, 15) is 4.39 Å². The van der Waals surface area contributed by atoms with Gasteiger partial charge >= 0.3 is 0 Å². The number of aromatic nitrogens is 2.